The summed E-state index contributed by atoms with van der Waals surface area (Å²) in [7, 11) is 0. The molecule has 0 atom stereocenters. The maximum absolute atomic E-state index is 4.76. The van der Waals surface area contributed by atoms with E-state index in [2.05, 4.69) is 155 Å². The smallest absolute Gasteiger partial charge is 0.0908 e. The summed E-state index contributed by atoms with van der Waals surface area (Å²) >= 11 is 0. The molecule has 3 heterocycles. The molecule has 0 radical (unpaired) electrons. The lowest BCUT2D eigenvalue weighted by Gasteiger charge is -2.16. The van der Waals surface area contributed by atoms with Gasteiger partial charge in [0.1, 0.15) is 0 Å². The molecule has 10 rings (SSSR count). The Morgan fingerprint density at radius 2 is 1.09 bits per heavy atom. The van der Waals surface area contributed by atoms with Crippen molar-refractivity contribution in [1.82, 2.24) is 19.1 Å². The highest BCUT2D eigenvalue weighted by Crippen LogP contribution is 2.45. The van der Waals surface area contributed by atoms with Crippen LogP contribution in [0.2, 0.25) is 0 Å². The number of hydrogen-bond acceptors (Lipinski definition) is 2. The summed E-state index contributed by atoms with van der Waals surface area (Å²) in [5, 5.41) is 7.42. The molecule has 0 aliphatic heterocycles. The molecule has 4 heteroatoms. The van der Waals surface area contributed by atoms with Gasteiger partial charge in [0.05, 0.1) is 38.8 Å². The Kier molecular flexibility index (Phi) is 5.25. The van der Waals surface area contributed by atoms with Crippen LogP contribution in [0, 0.1) is 0 Å². The molecule has 0 fully saturated rings. The Morgan fingerprint density at radius 1 is 0.435 bits per heavy atom. The zero-order valence-electron chi connectivity index (χ0n) is 24.8. The van der Waals surface area contributed by atoms with E-state index < -0.39 is 0 Å². The van der Waals surface area contributed by atoms with Gasteiger partial charge in [-0.3, -0.25) is 9.97 Å². The number of para-hydroxylation sites is 2. The minimum atomic E-state index is 0.866. The van der Waals surface area contributed by atoms with Gasteiger partial charge in [-0.1, -0.05) is 109 Å². The summed E-state index contributed by atoms with van der Waals surface area (Å²) < 4.78 is 4.92. The standard InChI is InChI=1S/C42H26N4/c1-3-11-27(12-4-1)34-25-35-36(44-24-23-43-35)26-39(34)46-37-18-10-9-17-31(37)32-20-21-33-40-30-16-8-7-13-28(30)19-22-38(40)45(42(33)41(32)46)29-14-5-2-6-15-29/h1-26H. The van der Waals surface area contributed by atoms with Gasteiger partial charge in [-0.05, 0) is 52.7 Å². The number of aromatic nitrogens is 4. The second-order valence-corrected chi connectivity index (χ2v) is 11.8. The van der Waals surface area contributed by atoms with Crippen LogP contribution in [0.25, 0.3) is 87.9 Å². The van der Waals surface area contributed by atoms with Gasteiger partial charge in [0.2, 0.25) is 0 Å². The molecule has 3 aromatic heterocycles. The highest BCUT2D eigenvalue weighted by Gasteiger charge is 2.23. The molecule has 0 saturated carbocycles. The molecule has 7 aromatic carbocycles. The first-order valence-electron chi connectivity index (χ1n) is 15.6. The lowest BCUT2D eigenvalue weighted by Crippen LogP contribution is -2.01. The van der Waals surface area contributed by atoms with Crippen molar-refractivity contribution in [2.75, 3.05) is 0 Å². The van der Waals surface area contributed by atoms with Gasteiger partial charge < -0.3 is 9.13 Å². The molecular weight excluding hydrogens is 560 g/mol. The number of nitrogens with zero attached hydrogens (tertiary/aromatic N) is 4. The monoisotopic (exact) mass is 586 g/mol. The van der Waals surface area contributed by atoms with Crippen LogP contribution in [0.3, 0.4) is 0 Å². The Labute approximate surface area is 264 Å². The minimum Gasteiger partial charge on any atom is -0.307 e. The van der Waals surface area contributed by atoms with Crippen LogP contribution in [0.5, 0.6) is 0 Å². The molecule has 0 aliphatic rings. The molecule has 0 bridgehead atoms. The van der Waals surface area contributed by atoms with Crippen LogP contribution in [0.1, 0.15) is 0 Å². The van der Waals surface area contributed by atoms with Crippen LogP contribution in [0.15, 0.2) is 158 Å². The van der Waals surface area contributed by atoms with Crippen molar-refractivity contribution in [3.05, 3.63) is 158 Å². The second-order valence-electron chi connectivity index (χ2n) is 11.8. The maximum Gasteiger partial charge on any atom is 0.0908 e. The average Bonchev–Trinajstić information content (AvgIpc) is 3.65. The molecule has 0 aliphatic carbocycles. The van der Waals surface area contributed by atoms with Gasteiger partial charge in [-0.25, -0.2) is 0 Å². The van der Waals surface area contributed by atoms with Crippen molar-refractivity contribution in [2.24, 2.45) is 0 Å². The molecule has 0 N–H and O–H groups in total. The molecule has 0 saturated heterocycles. The van der Waals surface area contributed by atoms with Crippen molar-refractivity contribution in [3.8, 4) is 22.5 Å². The molecule has 0 amide bonds. The third-order valence-corrected chi connectivity index (χ3v) is 9.38. The summed E-state index contributed by atoms with van der Waals surface area (Å²) in [5.74, 6) is 0. The number of benzene rings is 7. The van der Waals surface area contributed by atoms with Crippen LogP contribution >= 0.6 is 0 Å². The number of hydrogen-bond donors (Lipinski definition) is 0. The normalized spacial score (nSPS) is 11.9. The van der Waals surface area contributed by atoms with E-state index in [9.17, 15) is 0 Å². The summed E-state index contributed by atoms with van der Waals surface area (Å²) in [5.41, 5.74) is 10.9. The topological polar surface area (TPSA) is 35.6 Å². The SMILES string of the molecule is c1ccc(-c2cc3nccnc3cc2-n2c3ccccc3c3ccc4c5c6ccccc6ccc5n(-c5ccccc5)c4c32)cc1. The fourth-order valence-electron chi connectivity index (χ4n) is 7.45. The predicted molar refractivity (Wildman–Crippen MR) is 191 cm³/mol. The highest BCUT2D eigenvalue weighted by molar-refractivity contribution is 6.28. The van der Waals surface area contributed by atoms with Crippen molar-refractivity contribution >= 4 is 65.4 Å². The van der Waals surface area contributed by atoms with E-state index in [1.165, 1.54) is 48.9 Å². The molecular formula is C42H26N4. The fourth-order valence-corrected chi connectivity index (χ4v) is 7.45. The second kappa shape index (κ2) is 9.62. The highest BCUT2D eigenvalue weighted by atomic mass is 15.0. The van der Waals surface area contributed by atoms with Gasteiger partial charge >= 0.3 is 0 Å². The summed E-state index contributed by atoms with van der Waals surface area (Å²) in [6.45, 7) is 0. The van der Waals surface area contributed by atoms with Gasteiger partial charge in [-0.15, -0.1) is 0 Å². The molecule has 46 heavy (non-hydrogen) atoms. The van der Waals surface area contributed by atoms with E-state index >= 15 is 0 Å². The third kappa shape index (κ3) is 3.49. The zero-order valence-corrected chi connectivity index (χ0v) is 24.8. The molecule has 10 aromatic rings. The number of fused-ring (bicyclic) bond motifs is 10. The number of rotatable bonds is 3. The van der Waals surface area contributed by atoms with Gasteiger partial charge in [0.25, 0.3) is 0 Å². The molecule has 4 nitrogen and oxygen atoms in total. The van der Waals surface area contributed by atoms with Crippen LogP contribution in [0.4, 0.5) is 0 Å². The van der Waals surface area contributed by atoms with Crippen LogP contribution < -0.4 is 0 Å². The first kappa shape index (κ1) is 25.1. The van der Waals surface area contributed by atoms with Crippen LogP contribution in [-0.4, -0.2) is 19.1 Å². The molecule has 0 spiro atoms. The van der Waals surface area contributed by atoms with Crippen molar-refractivity contribution < 1.29 is 0 Å². The first-order valence-corrected chi connectivity index (χ1v) is 15.6. The average molecular weight is 587 g/mol. The summed E-state index contributed by atoms with van der Waals surface area (Å²) in [6, 6.07) is 52.4. The maximum atomic E-state index is 4.76. The van der Waals surface area contributed by atoms with E-state index in [4.69, 9.17) is 9.97 Å². The zero-order chi connectivity index (χ0) is 30.2. The van der Waals surface area contributed by atoms with E-state index in [1.54, 1.807) is 12.4 Å². The van der Waals surface area contributed by atoms with E-state index in [0.29, 0.717) is 0 Å². The van der Waals surface area contributed by atoms with Gasteiger partial charge in [0.15, 0.2) is 0 Å². The van der Waals surface area contributed by atoms with Crippen molar-refractivity contribution in [3.63, 3.8) is 0 Å². The van der Waals surface area contributed by atoms with E-state index in [-0.39, 0.29) is 0 Å². The fraction of sp³-hybridized carbons (Fsp3) is 0. The lowest BCUT2D eigenvalue weighted by molar-refractivity contribution is 1.15. The van der Waals surface area contributed by atoms with E-state index in [0.717, 1.165) is 39.1 Å². The third-order valence-electron chi connectivity index (χ3n) is 9.38. The predicted octanol–water partition coefficient (Wildman–Crippen LogP) is 10.6. The Balaban J connectivity index is 1.48. The molecule has 0 unspecified atom stereocenters. The van der Waals surface area contributed by atoms with Gasteiger partial charge in [-0.2, -0.15) is 0 Å². The minimum absolute atomic E-state index is 0.866. The largest absolute Gasteiger partial charge is 0.307 e. The summed E-state index contributed by atoms with van der Waals surface area (Å²) in [4.78, 5) is 9.46. The Bertz CT molecular complexity index is 2790. The van der Waals surface area contributed by atoms with Crippen LogP contribution in [-0.2, 0) is 0 Å². The van der Waals surface area contributed by atoms with Crippen molar-refractivity contribution in [1.29, 1.82) is 0 Å². The lowest BCUT2D eigenvalue weighted by atomic mass is 10.0. The van der Waals surface area contributed by atoms with E-state index in [1.807, 2.05) is 0 Å². The van der Waals surface area contributed by atoms with Gasteiger partial charge in [0, 0.05) is 45.2 Å². The Morgan fingerprint density at radius 3 is 1.91 bits per heavy atom. The quantitative estimate of drug-likeness (QED) is 0.206. The molecule has 214 valence electrons. The Hall–Kier alpha value is -6.26. The first-order chi connectivity index (χ1) is 22.8. The van der Waals surface area contributed by atoms with Crippen molar-refractivity contribution in [2.45, 2.75) is 0 Å². The summed E-state index contributed by atoms with van der Waals surface area (Å²) in [6.07, 6.45) is 3.54.